The Morgan fingerprint density at radius 3 is 2.60 bits per heavy atom. The van der Waals surface area contributed by atoms with Crippen molar-refractivity contribution < 1.29 is 19.6 Å². The number of benzene rings is 1. The molecule has 1 atom stereocenters. The van der Waals surface area contributed by atoms with E-state index in [0.29, 0.717) is 5.56 Å². The van der Waals surface area contributed by atoms with Crippen LogP contribution in [-0.2, 0) is 14.8 Å². The van der Waals surface area contributed by atoms with Gasteiger partial charge in [0.25, 0.3) is 0 Å². The van der Waals surface area contributed by atoms with Gasteiger partial charge in [0.1, 0.15) is 0 Å². The monoisotopic (exact) mass is 210 g/mol. The van der Waals surface area contributed by atoms with Crippen LogP contribution >= 0.6 is 0 Å². The summed E-state index contributed by atoms with van der Waals surface area (Å²) in [5.74, 6) is -0.570. The molecule has 0 aromatic heterocycles. The van der Waals surface area contributed by atoms with E-state index >= 15 is 0 Å². The van der Waals surface area contributed by atoms with E-state index in [2.05, 4.69) is 9.93 Å². The number of carbonyl (C=O) groups is 1. The van der Waals surface area contributed by atoms with E-state index in [1.807, 2.05) is 19.9 Å². The Hall–Kier alpha value is -1.39. The Kier molecular flexibility index (Phi) is 4.80. The molecule has 0 heterocycles. The van der Waals surface area contributed by atoms with E-state index in [1.54, 1.807) is 24.3 Å². The maximum atomic E-state index is 11.3. The van der Waals surface area contributed by atoms with Crippen molar-refractivity contribution in [3.05, 3.63) is 35.9 Å². The summed E-state index contributed by atoms with van der Waals surface area (Å²) in [5, 5.41) is 4.35. The average molecular weight is 210 g/mol. The third-order valence-corrected chi connectivity index (χ3v) is 1.90. The van der Waals surface area contributed by atoms with Crippen molar-refractivity contribution in [2.75, 3.05) is 0 Å². The van der Waals surface area contributed by atoms with Gasteiger partial charge in [-0.15, -0.1) is 0 Å². The molecule has 82 valence electrons. The molecule has 1 aromatic carbocycles. The minimum absolute atomic E-state index is 0.103. The normalized spacial score (nSPS) is 12.1. The van der Waals surface area contributed by atoms with Gasteiger partial charge < -0.3 is 0 Å². The van der Waals surface area contributed by atoms with Crippen LogP contribution in [0, 0.1) is 0 Å². The Morgan fingerprint density at radius 2 is 2.00 bits per heavy atom. The molecular formula is C11H14O4. The summed E-state index contributed by atoms with van der Waals surface area (Å²) in [6, 6.07) is 8.56. The van der Waals surface area contributed by atoms with Crippen molar-refractivity contribution in [1.29, 1.82) is 0 Å². The second-order valence-electron chi connectivity index (χ2n) is 3.12. The molecule has 0 saturated carbocycles. The van der Waals surface area contributed by atoms with E-state index in [4.69, 9.17) is 4.89 Å². The van der Waals surface area contributed by atoms with Gasteiger partial charge in [-0.2, -0.15) is 4.89 Å². The molecule has 0 saturated heterocycles. The molecule has 0 aliphatic carbocycles. The molecule has 0 aliphatic heterocycles. The van der Waals surface area contributed by atoms with Crippen LogP contribution in [0.5, 0.6) is 0 Å². The van der Waals surface area contributed by atoms with Crippen molar-refractivity contribution >= 4 is 5.97 Å². The van der Waals surface area contributed by atoms with Crippen molar-refractivity contribution in [2.45, 2.75) is 26.4 Å². The van der Waals surface area contributed by atoms with Crippen LogP contribution in [0.2, 0.25) is 0 Å². The molecule has 4 nitrogen and oxygen atoms in total. The molecule has 1 rings (SSSR count). The molecule has 4 heteroatoms. The zero-order chi connectivity index (χ0) is 11.1. The van der Waals surface area contributed by atoms with Crippen LogP contribution < -0.4 is 0 Å². The van der Waals surface area contributed by atoms with E-state index in [1.165, 1.54) is 0 Å². The van der Waals surface area contributed by atoms with Gasteiger partial charge in [0.15, 0.2) is 0 Å². The zero-order valence-electron chi connectivity index (χ0n) is 8.80. The van der Waals surface area contributed by atoms with Crippen molar-refractivity contribution in [3.63, 3.8) is 0 Å². The molecule has 0 bridgehead atoms. The minimum Gasteiger partial charge on any atom is -0.263 e. The second-order valence-corrected chi connectivity index (χ2v) is 3.12. The molecular weight excluding hydrogens is 196 g/mol. The van der Waals surface area contributed by atoms with Gasteiger partial charge in [-0.05, 0) is 30.5 Å². The van der Waals surface area contributed by atoms with Crippen molar-refractivity contribution in [3.8, 4) is 0 Å². The van der Waals surface area contributed by atoms with E-state index < -0.39 is 5.97 Å². The highest BCUT2D eigenvalue weighted by Gasteiger charge is 2.08. The predicted molar refractivity (Wildman–Crippen MR) is 53.8 cm³/mol. The highest BCUT2D eigenvalue weighted by atomic mass is 17.5. The van der Waals surface area contributed by atoms with Gasteiger partial charge in [0.05, 0.1) is 11.7 Å². The number of rotatable bonds is 5. The summed E-state index contributed by atoms with van der Waals surface area (Å²) in [4.78, 5) is 20.5. The Bertz CT molecular complexity index is 297. The van der Waals surface area contributed by atoms with Gasteiger partial charge in [-0.25, -0.2) is 4.79 Å². The first-order chi connectivity index (χ1) is 7.24. The van der Waals surface area contributed by atoms with Crippen molar-refractivity contribution in [1.82, 2.24) is 0 Å². The van der Waals surface area contributed by atoms with Crippen LogP contribution in [-0.4, -0.2) is 12.1 Å². The highest BCUT2D eigenvalue weighted by Crippen LogP contribution is 2.03. The fourth-order valence-corrected chi connectivity index (χ4v) is 0.808. The van der Waals surface area contributed by atoms with Crippen LogP contribution in [0.25, 0.3) is 0 Å². The predicted octanol–water partition coefficient (Wildman–Crippen LogP) is 2.51. The van der Waals surface area contributed by atoms with E-state index in [-0.39, 0.29) is 6.10 Å². The van der Waals surface area contributed by atoms with Crippen molar-refractivity contribution in [2.24, 2.45) is 0 Å². The van der Waals surface area contributed by atoms with Crippen LogP contribution in [0.1, 0.15) is 30.6 Å². The van der Waals surface area contributed by atoms with Gasteiger partial charge in [-0.3, -0.25) is 4.89 Å². The van der Waals surface area contributed by atoms with Crippen LogP contribution in [0.3, 0.4) is 0 Å². The van der Waals surface area contributed by atoms with Crippen LogP contribution in [0.15, 0.2) is 30.3 Å². The summed E-state index contributed by atoms with van der Waals surface area (Å²) in [7, 11) is 0. The van der Waals surface area contributed by atoms with Gasteiger partial charge in [0, 0.05) is 0 Å². The van der Waals surface area contributed by atoms with E-state index in [0.717, 1.165) is 6.42 Å². The Morgan fingerprint density at radius 1 is 1.33 bits per heavy atom. The first kappa shape index (κ1) is 11.7. The number of hydrogen-bond donors (Lipinski definition) is 0. The SMILES string of the molecule is CCC(C)OOOC(=O)c1ccccc1. The maximum Gasteiger partial charge on any atom is 0.376 e. The second kappa shape index (κ2) is 6.16. The fraction of sp³-hybridized carbons (Fsp3) is 0.364. The Balaban J connectivity index is 2.31. The molecule has 0 aliphatic rings. The van der Waals surface area contributed by atoms with Crippen LogP contribution in [0.4, 0.5) is 0 Å². The molecule has 0 radical (unpaired) electrons. The molecule has 1 aromatic rings. The van der Waals surface area contributed by atoms with E-state index in [9.17, 15) is 4.79 Å². The Labute approximate surface area is 88.6 Å². The lowest BCUT2D eigenvalue weighted by Crippen LogP contribution is -2.11. The first-order valence-electron chi connectivity index (χ1n) is 4.83. The summed E-state index contributed by atoms with van der Waals surface area (Å²) >= 11 is 0. The fourth-order valence-electron chi connectivity index (χ4n) is 0.808. The minimum atomic E-state index is -0.570. The summed E-state index contributed by atoms with van der Waals surface area (Å²) in [6.07, 6.45) is 0.677. The standard InChI is InChI=1S/C11H14O4/c1-3-9(2)13-15-14-11(12)10-7-5-4-6-8-10/h4-9H,3H2,1-2H3. The lowest BCUT2D eigenvalue weighted by molar-refractivity contribution is -0.495. The lowest BCUT2D eigenvalue weighted by Gasteiger charge is -2.06. The maximum absolute atomic E-state index is 11.3. The average Bonchev–Trinajstić information content (AvgIpc) is 2.29. The molecule has 0 spiro atoms. The summed E-state index contributed by atoms with van der Waals surface area (Å²) in [5.41, 5.74) is 0.422. The molecule has 15 heavy (non-hydrogen) atoms. The van der Waals surface area contributed by atoms with Gasteiger partial charge in [-0.1, -0.05) is 25.1 Å². The number of carbonyl (C=O) groups excluding carboxylic acids is 1. The summed E-state index contributed by atoms with van der Waals surface area (Å²) in [6.45, 7) is 3.75. The van der Waals surface area contributed by atoms with Gasteiger partial charge >= 0.3 is 5.97 Å². The third kappa shape index (κ3) is 4.10. The zero-order valence-corrected chi connectivity index (χ0v) is 8.80. The lowest BCUT2D eigenvalue weighted by atomic mass is 10.2. The molecule has 0 N–H and O–H groups in total. The largest absolute Gasteiger partial charge is 0.376 e. The quantitative estimate of drug-likeness (QED) is 0.553. The molecule has 1 unspecified atom stereocenters. The molecule has 0 amide bonds. The van der Waals surface area contributed by atoms with Gasteiger partial charge in [0.2, 0.25) is 0 Å². The first-order valence-corrected chi connectivity index (χ1v) is 4.83. The highest BCUT2D eigenvalue weighted by molar-refractivity contribution is 5.88. The topological polar surface area (TPSA) is 44.8 Å². The number of hydrogen-bond acceptors (Lipinski definition) is 4. The molecule has 0 fully saturated rings. The smallest absolute Gasteiger partial charge is 0.263 e. The third-order valence-electron chi connectivity index (χ3n) is 1.90. The summed E-state index contributed by atoms with van der Waals surface area (Å²) < 4.78 is 0.